The van der Waals surface area contributed by atoms with E-state index >= 15 is 0 Å². The third kappa shape index (κ3) is 4.20. The molecule has 6 nitrogen and oxygen atoms in total. The highest BCUT2D eigenvalue weighted by Gasteiger charge is 2.31. The van der Waals surface area contributed by atoms with Crippen molar-refractivity contribution in [3.05, 3.63) is 53.1 Å². The predicted octanol–water partition coefficient (Wildman–Crippen LogP) is 3.08. The Morgan fingerprint density at radius 3 is 2.56 bits per heavy atom. The van der Waals surface area contributed by atoms with Gasteiger partial charge in [-0.3, -0.25) is 4.79 Å². The van der Waals surface area contributed by atoms with E-state index in [0.717, 1.165) is 0 Å². The fraction of sp³-hybridized carbons (Fsp3) is 0.316. The molecule has 0 N–H and O–H groups in total. The molecule has 2 aromatic carbocycles. The Balaban J connectivity index is 1.80. The van der Waals surface area contributed by atoms with Crippen molar-refractivity contribution in [1.29, 1.82) is 0 Å². The molecule has 0 aliphatic carbocycles. The quantitative estimate of drug-likeness (QED) is 0.758. The maximum Gasteiger partial charge on any atom is 0.244 e. The van der Waals surface area contributed by atoms with Gasteiger partial charge in [0.2, 0.25) is 5.91 Å². The van der Waals surface area contributed by atoms with E-state index in [1.165, 1.54) is 17.9 Å². The first-order chi connectivity index (χ1) is 12.8. The van der Waals surface area contributed by atoms with Crippen molar-refractivity contribution >= 4 is 33.0 Å². The molecule has 27 heavy (non-hydrogen) atoms. The fourth-order valence-electron chi connectivity index (χ4n) is 2.81. The van der Waals surface area contributed by atoms with E-state index in [1.54, 1.807) is 37.4 Å². The third-order valence-corrected chi connectivity index (χ3v) is 6.68. The van der Waals surface area contributed by atoms with E-state index in [0.29, 0.717) is 36.0 Å². The lowest BCUT2D eigenvalue weighted by Gasteiger charge is -2.22. The molecule has 0 fully saturated rings. The van der Waals surface area contributed by atoms with Gasteiger partial charge in [-0.25, -0.2) is 8.42 Å². The minimum absolute atomic E-state index is 0.290. The molecule has 8 heteroatoms. The van der Waals surface area contributed by atoms with Gasteiger partial charge in [0.25, 0.3) is 0 Å². The second kappa shape index (κ2) is 7.78. The highest BCUT2D eigenvalue weighted by atomic mass is 35.5. The maximum absolute atomic E-state index is 12.8. The number of halogens is 1. The first-order valence-corrected chi connectivity index (χ1v) is 10.5. The Kier molecular flexibility index (Phi) is 5.62. The Morgan fingerprint density at radius 2 is 1.85 bits per heavy atom. The van der Waals surface area contributed by atoms with E-state index in [9.17, 15) is 13.2 Å². The molecule has 0 saturated heterocycles. The molecule has 0 unspecified atom stereocenters. The average molecular weight is 410 g/mol. The monoisotopic (exact) mass is 409 g/mol. The number of anilines is 1. The molecule has 1 aliphatic rings. The molecule has 1 heterocycles. The Bertz CT molecular complexity index is 946. The number of amides is 1. The number of benzene rings is 2. The summed E-state index contributed by atoms with van der Waals surface area (Å²) < 4.78 is 36.5. The lowest BCUT2D eigenvalue weighted by molar-refractivity contribution is -0.117. The van der Waals surface area contributed by atoms with Crippen LogP contribution in [-0.4, -0.2) is 39.8 Å². The van der Waals surface area contributed by atoms with Crippen LogP contribution >= 0.6 is 11.6 Å². The second-order valence-corrected chi connectivity index (χ2v) is 9.01. The van der Waals surface area contributed by atoms with Gasteiger partial charge in [-0.15, -0.1) is 0 Å². The fourth-order valence-corrected chi connectivity index (χ4v) is 4.44. The number of carbonyl (C=O) groups excluding carboxylic acids is 1. The van der Waals surface area contributed by atoms with Gasteiger partial charge in [-0.1, -0.05) is 29.8 Å². The molecular formula is C19H20ClNO5S. The van der Waals surface area contributed by atoms with Crippen LogP contribution < -0.4 is 14.4 Å². The smallest absolute Gasteiger partial charge is 0.244 e. The van der Waals surface area contributed by atoms with Gasteiger partial charge in [-0.05, 0) is 36.8 Å². The molecule has 1 aliphatic heterocycles. The second-order valence-electron chi connectivity index (χ2n) is 6.28. The SMILES string of the molecule is C[C@H](C(=O)N(C)c1ccccc1)S(=O)(=O)Cc1cc(Cl)c2c(c1)OCCO2. The molecule has 0 aromatic heterocycles. The molecule has 0 radical (unpaired) electrons. The first kappa shape index (κ1) is 19.5. The summed E-state index contributed by atoms with van der Waals surface area (Å²) in [6.45, 7) is 2.16. The van der Waals surface area contributed by atoms with Crippen LogP contribution in [0.2, 0.25) is 5.02 Å². The predicted molar refractivity (Wildman–Crippen MR) is 104 cm³/mol. The number of fused-ring (bicyclic) bond motifs is 1. The van der Waals surface area contributed by atoms with E-state index in [4.69, 9.17) is 21.1 Å². The third-order valence-electron chi connectivity index (χ3n) is 4.38. The standard InChI is InChI=1S/C19H20ClNO5S/c1-13(19(22)21(2)15-6-4-3-5-7-15)27(23,24)12-14-10-16(20)18-17(11-14)25-8-9-26-18/h3-7,10-11,13H,8-9,12H2,1-2H3/t13-/m1/s1. The zero-order valence-corrected chi connectivity index (χ0v) is 16.6. The van der Waals surface area contributed by atoms with Crippen molar-refractivity contribution in [2.75, 3.05) is 25.2 Å². The van der Waals surface area contributed by atoms with Crippen LogP contribution in [0, 0.1) is 0 Å². The number of hydrogen-bond acceptors (Lipinski definition) is 5. The van der Waals surface area contributed by atoms with E-state index in [1.807, 2.05) is 6.07 Å². The number of carbonyl (C=O) groups is 1. The number of rotatable bonds is 5. The molecule has 144 valence electrons. The number of para-hydroxylation sites is 1. The molecule has 3 rings (SSSR count). The number of hydrogen-bond donors (Lipinski definition) is 0. The minimum atomic E-state index is -3.76. The first-order valence-electron chi connectivity index (χ1n) is 8.42. The van der Waals surface area contributed by atoms with Crippen LogP contribution in [0.25, 0.3) is 0 Å². The maximum atomic E-state index is 12.8. The van der Waals surface area contributed by atoms with Crippen molar-refractivity contribution in [2.24, 2.45) is 0 Å². The van der Waals surface area contributed by atoms with Gasteiger partial charge >= 0.3 is 0 Å². The van der Waals surface area contributed by atoms with Gasteiger partial charge in [0.1, 0.15) is 18.5 Å². The Hall–Kier alpha value is -2.25. The van der Waals surface area contributed by atoms with Crippen LogP contribution in [0.5, 0.6) is 11.5 Å². The van der Waals surface area contributed by atoms with Crippen molar-refractivity contribution in [3.63, 3.8) is 0 Å². The van der Waals surface area contributed by atoms with Gasteiger partial charge in [0.15, 0.2) is 21.3 Å². The highest BCUT2D eigenvalue weighted by Crippen LogP contribution is 2.38. The summed E-state index contributed by atoms with van der Waals surface area (Å²) in [5, 5.41) is -0.910. The zero-order valence-electron chi connectivity index (χ0n) is 15.0. The van der Waals surface area contributed by atoms with Gasteiger partial charge in [-0.2, -0.15) is 0 Å². The lowest BCUT2D eigenvalue weighted by Crippen LogP contribution is -2.39. The topological polar surface area (TPSA) is 72.9 Å². The van der Waals surface area contributed by atoms with Crippen LogP contribution in [0.4, 0.5) is 5.69 Å². The highest BCUT2D eigenvalue weighted by molar-refractivity contribution is 7.92. The van der Waals surface area contributed by atoms with Gasteiger partial charge in [0, 0.05) is 12.7 Å². The molecular weight excluding hydrogens is 390 g/mol. The van der Waals surface area contributed by atoms with Crippen molar-refractivity contribution in [2.45, 2.75) is 17.9 Å². The Labute approximate surface area is 163 Å². The summed E-state index contributed by atoms with van der Waals surface area (Å²) in [4.78, 5) is 14.0. The summed E-state index contributed by atoms with van der Waals surface area (Å²) >= 11 is 6.17. The van der Waals surface area contributed by atoms with Gasteiger partial charge in [0.05, 0.1) is 10.8 Å². The Morgan fingerprint density at radius 1 is 1.19 bits per heavy atom. The summed E-state index contributed by atoms with van der Waals surface area (Å²) in [6, 6.07) is 12.0. The normalized spacial score (nSPS) is 14.5. The van der Waals surface area contributed by atoms with Crippen LogP contribution in [0.15, 0.2) is 42.5 Å². The lowest BCUT2D eigenvalue weighted by atomic mass is 10.2. The van der Waals surface area contributed by atoms with Crippen molar-refractivity contribution in [3.8, 4) is 11.5 Å². The van der Waals surface area contributed by atoms with Crippen LogP contribution in [0.3, 0.4) is 0 Å². The number of ether oxygens (including phenoxy) is 2. The van der Waals surface area contributed by atoms with Crippen molar-refractivity contribution < 1.29 is 22.7 Å². The zero-order chi connectivity index (χ0) is 19.6. The summed E-state index contributed by atoms with van der Waals surface area (Å²) in [7, 11) is -2.19. The summed E-state index contributed by atoms with van der Waals surface area (Å²) in [5.41, 5.74) is 1.08. The van der Waals surface area contributed by atoms with Crippen molar-refractivity contribution in [1.82, 2.24) is 0 Å². The van der Waals surface area contributed by atoms with Crippen LogP contribution in [0.1, 0.15) is 12.5 Å². The van der Waals surface area contributed by atoms with E-state index in [2.05, 4.69) is 0 Å². The molecule has 0 spiro atoms. The van der Waals surface area contributed by atoms with E-state index in [-0.39, 0.29) is 10.8 Å². The van der Waals surface area contributed by atoms with Crippen LogP contribution in [-0.2, 0) is 20.4 Å². The minimum Gasteiger partial charge on any atom is -0.486 e. The largest absolute Gasteiger partial charge is 0.486 e. The molecule has 0 saturated carbocycles. The van der Waals surface area contributed by atoms with E-state index < -0.39 is 21.0 Å². The molecule has 1 amide bonds. The van der Waals surface area contributed by atoms with Gasteiger partial charge < -0.3 is 14.4 Å². The molecule has 2 aromatic rings. The number of sulfone groups is 1. The average Bonchev–Trinajstić information content (AvgIpc) is 2.66. The summed E-state index contributed by atoms with van der Waals surface area (Å²) in [5.74, 6) is 0.0139. The summed E-state index contributed by atoms with van der Waals surface area (Å²) in [6.07, 6.45) is 0. The molecule has 1 atom stereocenters. The molecule has 0 bridgehead atoms. The number of nitrogens with zero attached hydrogens (tertiary/aromatic N) is 1.